The highest BCUT2D eigenvalue weighted by molar-refractivity contribution is 5.78. The molecule has 4 rings (SSSR count). The van der Waals surface area contributed by atoms with E-state index in [0.29, 0.717) is 21.6 Å². The molecule has 26 heavy (non-hydrogen) atoms. The van der Waals surface area contributed by atoms with Gasteiger partial charge in [0, 0.05) is 11.1 Å². The lowest BCUT2D eigenvalue weighted by Crippen LogP contribution is -2.30. The zero-order chi connectivity index (χ0) is 18.1. The Morgan fingerprint density at radius 1 is 0.769 bits per heavy atom. The average Bonchev–Trinajstić information content (AvgIpc) is 2.94. The van der Waals surface area contributed by atoms with Crippen LogP contribution in [0.15, 0.2) is 84.9 Å². The van der Waals surface area contributed by atoms with Crippen LogP contribution in [0.3, 0.4) is 0 Å². The minimum Gasteiger partial charge on any atom is -0.710 e. The summed E-state index contributed by atoms with van der Waals surface area (Å²) in [7, 11) is 0. The van der Waals surface area contributed by atoms with Crippen molar-refractivity contribution in [1.82, 2.24) is 4.73 Å². The molecule has 0 spiro atoms. The second-order valence-electron chi connectivity index (χ2n) is 5.84. The fourth-order valence-corrected chi connectivity index (χ4v) is 3.07. The molecular formula is C21H15FN2O2. The molecule has 0 bridgehead atoms. The standard InChI is InChI=1S/C21H15FN2O2/c22-18-14-8-7-13-17(18)21-23(25)19(15-9-3-1-4-10-15)20(24(21)26)16-11-5-2-6-12-16/h1-14,25H. The van der Waals surface area contributed by atoms with Gasteiger partial charge in [-0.15, -0.1) is 0 Å². The lowest BCUT2D eigenvalue weighted by Gasteiger charge is -2.07. The van der Waals surface area contributed by atoms with Gasteiger partial charge in [-0.1, -0.05) is 72.8 Å². The molecule has 0 atom stereocenters. The zero-order valence-corrected chi connectivity index (χ0v) is 13.7. The second kappa shape index (κ2) is 6.37. The van der Waals surface area contributed by atoms with Gasteiger partial charge in [0.25, 0.3) is 0 Å². The monoisotopic (exact) mass is 346 g/mol. The number of imidazole rings is 1. The van der Waals surface area contributed by atoms with Crippen molar-refractivity contribution in [3.05, 3.63) is 96.0 Å². The molecule has 1 N–H and O–H groups in total. The van der Waals surface area contributed by atoms with Crippen LogP contribution in [0, 0.1) is 11.0 Å². The first-order valence-corrected chi connectivity index (χ1v) is 8.11. The number of nitrogens with zero attached hydrogens (tertiary/aromatic N) is 2. The number of benzene rings is 3. The largest absolute Gasteiger partial charge is 0.710 e. The third kappa shape index (κ3) is 2.50. The maximum absolute atomic E-state index is 14.3. The average molecular weight is 346 g/mol. The Bertz CT molecular complexity index is 997. The molecule has 128 valence electrons. The van der Waals surface area contributed by atoms with E-state index in [2.05, 4.69) is 0 Å². The van der Waals surface area contributed by atoms with Crippen molar-refractivity contribution in [3.8, 4) is 33.9 Å². The number of hydrogen-bond donors (Lipinski definition) is 1. The van der Waals surface area contributed by atoms with Crippen molar-refractivity contribution in [2.45, 2.75) is 0 Å². The fourth-order valence-electron chi connectivity index (χ4n) is 3.07. The molecule has 5 heteroatoms. The van der Waals surface area contributed by atoms with Crippen LogP contribution >= 0.6 is 0 Å². The minimum atomic E-state index is -0.580. The van der Waals surface area contributed by atoms with Gasteiger partial charge in [-0.05, 0) is 16.9 Å². The van der Waals surface area contributed by atoms with E-state index in [9.17, 15) is 14.8 Å². The first-order valence-electron chi connectivity index (χ1n) is 8.11. The molecule has 3 aromatic carbocycles. The highest BCUT2D eigenvalue weighted by Gasteiger charge is 2.32. The smallest absolute Gasteiger partial charge is 0.335 e. The summed E-state index contributed by atoms with van der Waals surface area (Å²) in [6.45, 7) is 0. The molecule has 1 heterocycles. The molecule has 0 radical (unpaired) electrons. The summed E-state index contributed by atoms with van der Waals surface area (Å²) >= 11 is 0. The van der Waals surface area contributed by atoms with Crippen LogP contribution in [0.5, 0.6) is 0 Å². The lowest BCUT2D eigenvalue weighted by molar-refractivity contribution is -0.582. The molecule has 0 saturated heterocycles. The second-order valence-corrected chi connectivity index (χ2v) is 5.84. The molecule has 4 nitrogen and oxygen atoms in total. The summed E-state index contributed by atoms with van der Waals surface area (Å²) in [6.07, 6.45) is 0. The fraction of sp³-hybridized carbons (Fsp3) is 0. The number of aromatic nitrogens is 2. The summed E-state index contributed by atoms with van der Waals surface area (Å²) in [5, 5.41) is 23.9. The van der Waals surface area contributed by atoms with E-state index in [4.69, 9.17) is 0 Å². The van der Waals surface area contributed by atoms with Crippen molar-refractivity contribution < 1.29 is 14.3 Å². The van der Waals surface area contributed by atoms with Gasteiger partial charge in [0.05, 0.1) is 0 Å². The molecular weight excluding hydrogens is 331 g/mol. The quantitative estimate of drug-likeness (QED) is 0.337. The number of halogens is 1. The summed E-state index contributed by atoms with van der Waals surface area (Å²) in [6, 6.07) is 24.0. The van der Waals surface area contributed by atoms with Gasteiger partial charge < -0.3 is 10.4 Å². The highest BCUT2D eigenvalue weighted by Crippen LogP contribution is 2.34. The van der Waals surface area contributed by atoms with Gasteiger partial charge in [0.15, 0.2) is 5.69 Å². The predicted octanol–water partition coefficient (Wildman–Crippen LogP) is 4.50. The third-order valence-electron chi connectivity index (χ3n) is 4.24. The molecule has 0 aliphatic rings. The van der Waals surface area contributed by atoms with E-state index >= 15 is 0 Å². The van der Waals surface area contributed by atoms with Crippen molar-refractivity contribution in [3.63, 3.8) is 0 Å². The first-order chi connectivity index (χ1) is 12.7. The Morgan fingerprint density at radius 2 is 1.31 bits per heavy atom. The molecule has 0 aliphatic heterocycles. The molecule has 0 aliphatic carbocycles. The van der Waals surface area contributed by atoms with Crippen LogP contribution in [0.1, 0.15) is 0 Å². The highest BCUT2D eigenvalue weighted by atomic mass is 19.1. The van der Waals surface area contributed by atoms with E-state index < -0.39 is 5.82 Å². The van der Waals surface area contributed by atoms with E-state index in [1.807, 2.05) is 36.4 Å². The summed E-state index contributed by atoms with van der Waals surface area (Å²) in [5.41, 5.74) is 1.89. The molecule has 0 fully saturated rings. The Morgan fingerprint density at radius 3 is 1.92 bits per heavy atom. The molecule has 1 aromatic heterocycles. The topological polar surface area (TPSA) is 52.1 Å². The van der Waals surface area contributed by atoms with Crippen molar-refractivity contribution in [2.24, 2.45) is 0 Å². The van der Waals surface area contributed by atoms with Crippen LogP contribution in [0.4, 0.5) is 4.39 Å². The SMILES string of the molecule is [O-][n+]1c(-c2ccccc2)c(-c2ccccc2)n(O)c1-c1ccccc1F. The van der Waals surface area contributed by atoms with Gasteiger partial charge in [-0.3, -0.25) is 0 Å². The van der Waals surface area contributed by atoms with Gasteiger partial charge in [-0.25, -0.2) is 9.12 Å². The van der Waals surface area contributed by atoms with E-state index in [1.54, 1.807) is 30.3 Å². The Hall–Kier alpha value is -3.60. The van der Waals surface area contributed by atoms with Gasteiger partial charge in [0.1, 0.15) is 11.4 Å². The molecule has 0 saturated carbocycles. The minimum absolute atomic E-state index is 0.0318. The van der Waals surface area contributed by atoms with E-state index in [0.717, 1.165) is 4.73 Å². The van der Waals surface area contributed by atoms with Crippen molar-refractivity contribution >= 4 is 0 Å². The maximum Gasteiger partial charge on any atom is 0.335 e. The summed E-state index contributed by atoms with van der Waals surface area (Å²) < 4.78 is 15.7. The predicted molar refractivity (Wildman–Crippen MR) is 96.8 cm³/mol. The van der Waals surface area contributed by atoms with Crippen LogP contribution in [0.2, 0.25) is 0 Å². The zero-order valence-electron chi connectivity index (χ0n) is 13.7. The van der Waals surface area contributed by atoms with Crippen LogP contribution in [-0.2, 0) is 0 Å². The number of hydrogen-bond acceptors (Lipinski definition) is 2. The van der Waals surface area contributed by atoms with Gasteiger partial charge in [-0.2, -0.15) is 0 Å². The first kappa shape index (κ1) is 15.9. The molecule has 0 unspecified atom stereocenters. The van der Waals surface area contributed by atoms with Crippen molar-refractivity contribution in [2.75, 3.05) is 0 Å². The summed E-state index contributed by atoms with van der Waals surface area (Å²) in [5.74, 6) is -0.745. The molecule has 0 amide bonds. The normalized spacial score (nSPS) is 10.8. The third-order valence-corrected chi connectivity index (χ3v) is 4.24. The van der Waals surface area contributed by atoms with Crippen LogP contribution in [0.25, 0.3) is 33.9 Å². The maximum atomic E-state index is 14.3. The van der Waals surface area contributed by atoms with E-state index in [1.165, 1.54) is 18.2 Å². The summed E-state index contributed by atoms with van der Waals surface area (Å²) in [4.78, 5) is 0. The number of rotatable bonds is 3. The molecule has 4 aromatic rings. The Balaban J connectivity index is 2.08. The van der Waals surface area contributed by atoms with Gasteiger partial charge in [0.2, 0.25) is 5.69 Å². The van der Waals surface area contributed by atoms with E-state index in [-0.39, 0.29) is 17.1 Å². The Kier molecular flexibility index (Phi) is 3.89. The van der Waals surface area contributed by atoms with Crippen molar-refractivity contribution in [1.29, 1.82) is 0 Å². The van der Waals surface area contributed by atoms with Crippen LogP contribution < -0.4 is 4.73 Å². The lowest BCUT2D eigenvalue weighted by atomic mass is 10.1. The van der Waals surface area contributed by atoms with Crippen LogP contribution in [-0.4, -0.2) is 9.94 Å². The Labute approximate surface area is 149 Å². The van der Waals surface area contributed by atoms with Gasteiger partial charge >= 0.3 is 5.82 Å².